The molecular weight excluding hydrogens is 649 g/mol. The summed E-state index contributed by atoms with van der Waals surface area (Å²) >= 11 is 0. The molecule has 1 rings (SSSR count). The molecule has 0 radical (unpaired) electrons. The average molecular weight is 720 g/mol. The van der Waals surface area contributed by atoms with Gasteiger partial charge in [0.1, 0.15) is 6.10 Å². The lowest BCUT2D eigenvalue weighted by molar-refractivity contribution is -0.0979. The van der Waals surface area contributed by atoms with Gasteiger partial charge in [-0.1, -0.05) is 179 Å². The third kappa shape index (κ3) is 22.8. The first-order valence-corrected chi connectivity index (χ1v) is 22.4. The summed E-state index contributed by atoms with van der Waals surface area (Å²) in [4.78, 5) is 19.6. The molecule has 4 unspecified atom stereocenters. The van der Waals surface area contributed by atoms with Crippen molar-refractivity contribution in [3.63, 3.8) is 0 Å². The minimum absolute atomic E-state index is 0.0967. The first kappa shape index (κ1) is 45.2. The fourth-order valence-electron chi connectivity index (χ4n) is 6.12. The molecule has 0 fully saturated rings. The lowest BCUT2D eigenvalue weighted by Gasteiger charge is -2.33. The molecule has 0 aliphatic carbocycles. The second kappa shape index (κ2) is 27.8. The molecule has 11 heteroatoms. The van der Waals surface area contributed by atoms with Gasteiger partial charge in [-0.25, -0.2) is 13.1 Å². The van der Waals surface area contributed by atoms with Crippen molar-refractivity contribution >= 4 is 17.6 Å². The highest BCUT2D eigenvalue weighted by Gasteiger charge is 2.43. The maximum atomic E-state index is 13.2. The summed E-state index contributed by atoms with van der Waals surface area (Å²) < 4.78 is 46.8. The summed E-state index contributed by atoms with van der Waals surface area (Å²) in [6.45, 7) is 4.30. The Kier molecular flexibility index (Phi) is 26.2. The van der Waals surface area contributed by atoms with Crippen LogP contribution in [0.1, 0.15) is 167 Å². The second-order valence-electron chi connectivity index (χ2n) is 13.7. The van der Waals surface area contributed by atoms with E-state index in [0.717, 1.165) is 51.4 Å². The Bertz CT molecular complexity index is 1040. The molecule has 5 N–H and O–H groups in total. The van der Waals surface area contributed by atoms with Gasteiger partial charge in [-0.15, -0.1) is 0 Å². The van der Waals surface area contributed by atoms with Crippen LogP contribution in [0, 0.1) is 0 Å². The molecule has 282 valence electrons. The van der Waals surface area contributed by atoms with Gasteiger partial charge >= 0.3 is 7.60 Å². The largest absolute Gasteiger partial charge is 0.389 e. The van der Waals surface area contributed by atoms with Crippen LogP contribution in [0.15, 0.2) is 30.3 Å². The van der Waals surface area contributed by atoms with Gasteiger partial charge in [-0.05, 0) is 18.4 Å². The predicted molar refractivity (Wildman–Crippen MR) is 197 cm³/mol. The Balaban J connectivity index is 2.73. The number of nitrogens with one attached hydrogen (secondary N) is 1. The Morgan fingerprint density at radius 1 is 0.667 bits per heavy atom. The van der Waals surface area contributed by atoms with E-state index in [-0.39, 0.29) is 18.8 Å². The number of ether oxygens (including phenoxy) is 1. The number of hydrogen-bond donors (Lipinski definition) is 5. The van der Waals surface area contributed by atoms with Crippen LogP contribution in [0.2, 0.25) is 0 Å². The van der Waals surface area contributed by atoms with Crippen LogP contribution >= 0.6 is 7.60 Å². The Morgan fingerprint density at radius 2 is 1.08 bits per heavy atom. The van der Waals surface area contributed by atoms with Crippen LogP contribution in [0.25, 0.3) is 0 Å². The highest BCUT2D eigenvalue weighted by molar-refractivity contribution is 7.89. The standard InChI is InChI=1S/C37H70NO8PS/c1-3-5-7-9-11-13-14-15-16-17-18-19-21-26-30-34(38-48(44,45)31-27-22-20-12-10-8-6-4-2)35(39)36(37(40)47(41,42)43)46-32-33-28-24-23-25-29-33/h23-25,28-29,34-40H,3-22,26-27,30-32H2,1-2H3,(H2,41,42,43). The predicted octanol–water partition coefficient (Wildman–Crippen LogP) is 8.73. The molecule has 1 aromatic rings. The van der Waals surface area contributed by atoms with Crippen molar-refractivity contribution in [2.75, 3.05) is 5.75 Å². The van der Waals surface area contributed by atoms with Crippen molar-refractivity contribution in [3.8, 4) is 0 Å². The van der Waals surface area contributed by atoms with Crippen molar-refractivity contribution < 1.29 is 37.7 Å². The monoisotopic (exact) mass is 719 g/mol. The van der Waals surface area contributed by atoms with Gasteiger partial charge in [0.2, 0.25) is 10.0 Å². The molecule has 0 aliphatic rings. The third-order valence-corrected chi connectivity index (χ3v) is 11.6. The number of sulfonamides is 1. The lowest BCUT2D eigenvalue weighted by Crippen LogP contribution is -2.53. The average Bonchev–Trinajstić information content (AvgIpc) is 3.05. The Labute approximate surface area is 293 Å². The van der Waals surface area contributed by atoms with E-state index in [0.29, 0.717) is 18.4 Å². The normalized spacial score (nSPS) is 15.0. The van der Waals surface area contributed by atoms with Crippen molar-refractivity contribution in [1.29, 1.82) is 0 Å². The minimum atomic E-state index is -5.08. The summed E-state index contributed by atoms with van der Waals surface area (Å²) in [5.74, 6) is -2.41. The smallest absolute Gasteiger partial charge is 0.356 e. The van der Waals surface area contributed by atoms with Crippen molar-refractivity contribution in [2.45, 2.75) is 192 Å². The first-order chi connectivity index (χ1) is 23.0. The van der Waals surface area contributed by atoms with Gasteiger partial charge in [0.05, 0.1) is 24.5 Å². The summed E-state index contributed by atoms with van der Waals surface area (Å²) in [5, 5.41) is 22.0. The lowest BCUT2D eigenvalue weighted by atomic mass is 9.99. The molecule has 4 atom stereocenters. The third-order valence-electron chi connectivity index (χ3n) is 9.14. The quantitative estimate of drug-likeness (QED) is 0.0357. The zero-order valence-corrected chi connectivity index (χ0v) is 31.9. The van der Waals surface area contributed by atoms with E-state index < -0.39 is 41.7 Å². The summed E-state index contributed by atoms with van der Waals surface area (Å²) in [5.41, 5.74) is 0.686. The number of rotatable bonds is 33. The van der Waals surface area contributed by atoms with E-state index in [1.54, 1.807) is 24.3 Å². The second-order valence-corrected chi connectivity index (χ2v) is 17.2. The van der Waals surface area contributed by atoms with Crippen LogP contribution in [0.4, 0.5) is 0 Å². The fourth-order valence-corrected chi connectivity index (χ4v) is 8.19. The van der Waals surface area contributed by atoms with Crippen LogP contribution < -0.4 is 4.72 Å². The maximum Gasteiger partial charge on any atom is 0.356 e. The summed E-state index contributed by atoms with van der Waals surface area (Å²) in [6.07, 6.45) is 21.4. The maximum absolute atomic E-state index is 13.2. The molecule has 0 aromatic heterocycles. The van der Waals surface area contributed by atoms with Gasteiger partial charge in [0, 0.05) is 0 Å². The summed E-state index contributed by atoms with van der Waals surface area (Å²) in [7, 11) is -8.88. The molecule has 0 amide bonds. The fraction of sp³-hybridized carbons (Fsp3) is 0.838. The first-order valence-electron chi connectivity index (χ1n) is 19.1. The van der Waals surface area contributed by atoms with Crippen LogP contribution in [-0.2, 0) is 25.9 Å². The van der Waals surface area contributed by atoms with E-state index in [1.165, 1.54) is 77.0 Å². The van der Waals surface area contributed by atoms with Gasteiger partial charge in [-0.2, -0.15) is 0 Å². The molecule has 0 saturated carbocycles. The van der Waals surface area contributed by atoms with E-state index in [2.05, 4.69) is 18.6 Å². The van der Waals surface area contributed by atoms with E-state index >= 15 is 0 Å². The summed E-state index contributed by atoms with van der Waals surface area (Å²) in [6, 6.07) is 7.82. The van der Waals surface area contributed by atoms with Crippen molar-refractivity contribution in [3.05, 3.63) is 35.9 Å². The van der Waals surface area contributed by atoms with Crippen LogP contribution in [0.3, 0.4) is 0 Å². The number of aliphatic hydroxyl groups excluding tert-OH is 2. The molecule has 0 spiro atoms. The number of hydrogen-bond acceptors (Lipinski definition) is 6. The van der Waals surface area contributed by atoms with Crippen LogP contribution in [-0.4, -0.2) is 58.3 Å². The molecule has 1 aromatic carbocycles. The Hall–Kier alpha value is -0.840. The zero-order valence-electron chi connectivity index (χ0n) is 30.2. The number of unbranched alkanes of at least 4 members (excludes halogenated alkanes) is 20. The van der Waals surface area contributed by atoms with E-state index in [9.17, 15) is 33.0 Å². The highest BCUT2D eigenvalue weighted by Crippen LogP contribution is 2.43. The van der Waals surface area contributed by atoms with Gasteiger partial charge in [0.15, 0.2) is 5.85 Å². The van der Waals surface area contributed by atoms with E-state index in [4.69, 9.17) is 4.74 Å². The van der Waals surface area contributed by atoms with Crippen LogP contribution in [0.5, 0.6) is 0 Å². The SMILES string of the molecule is CCCCCCCCCCCCCCCCC(NS(=O)(=O)CCCCCCCCCC)C(O)C(OCc1ccccc1)C(O)P(=O)(O)O. The number of benzene rings is 1. The molecule has 48 heavy (non-hydrogen) atoms. The van der Waals surface area contributed by atoms with E-state index in [1.807, 2.05) is 6.07 Å². The number of aliphatic hydroxyl groups is 2. The molecule has 0 bridgehead atoms. The Morgan fingerprint density at radius 3 is 1.52 bits per heavy atom. The van der Waals surface area contributed by atoms with Gasteiger partial charge < -0.3 is 24.7 Å². The molecule has 0 aliphatic heterocycles. The van der Waals surface area contributed by atoms with Crippen molar-refractivity contribution in [2.24, 2.45) is 0 Å². The topological polar surface area (TPSA) is 153 Å². The molecule has 9 nitrogen and oxygen atoms in total. The molecular formula is C37H70NO8PS. The molecule has 0 heterocycles. The van der Waals surface area contributed by atoms with Gasteiger partial charge in [0.25, 0.3) is 0 Å². The van der Waals surface area contributed by atoms with Gasteiger partial charge in [-0.3, -0.25) is 4.57 Å². The highest BCUT2D eigenvalue weighted by atomic mass is 32.2. The minimum Gasteiger partial charge on any atom is -0.389 e. The zero-order chi connectivity index (χ0) is 35.5. The molecule has 0 saturated heterocycles. The van der Waals surface area contributed by atoms with Crippen molar-refractivity contribution in [1.82, 2.24) is 4.72 Å².